The number of nitrogens with one attached hydrogen (secondary N) is 2. The third-order valence-electron chi connectivity index (χ3n) is 11.9. The number of nitrogens with zero attached hydrogens (tertiary/aromatic N) is 6. The number of hydrogen-bond donors (Lipinski definition) is 3. The van der Waals surface area contributed by atoms with Crippen molar-refractivity contribution in [3.8, 4) is 0 Å². The molecule has 0 bridgehead atoms. The monoisotopic (exact) mass is 966 g/mol. The van der Waals surface area contributed by atoms with Crippen molar-refractivity contribution in [1.29, 1.82) is 0 Å². The molecular formula is C44H71N8O14P. The number of carbonyl (C=O) groups excluding carboxylic acids is 1. The molecule has 0 spiro atoms. The normalized spacial score (nSPS) is 23.9. The number of aryl methyl sites for hydroxylation is 1. The van der Waals surface area contributed by atoms with Crippen molar-refractivity contribution >= 4 is 13.7 Å². The molecule has 2 fully saturated rings. The van der Waals surface area contributed by atoms with E-state index in [2.05, 4.69) is 27.2 Å². The van der Waals surface area contributed by atoms with Crippen molar-refractivity contribution in [2.75, 3.05) is 27.4 Å². The molecule has 9 atom stereocenters. The molecule has 22 nitrogen and oxygen atoms in total. The highest BCUT2D eigenvalue weighted by Gasteiger charge is 2.52. The summed E-state index contributed by atoms with van der Waals surface area (Å²) in [6.07, 6.45) is 8.33. The summed E-state index contributed by atoms with van der Waals surface area (Å²) in [7, 11) is -2.09. The first kappa shape index (κ1) is 53.8. The van der Waals surface area contributed by atoms with Crippen LogP contribution >= 0.6 is 7.82 Å². The van der Waals surface area contributed by atoms with E-state index in [4.69, 9.17) is 32.7 Å². The summed E-state index contributed by atoms with van der Waals surface area (Å²) >= 11 is 0. The van der Waals surface area contributed by atoms with Gasteiger partial charge in [-0.25, -0.2) is 14.2 Å². The lowest BCUT2D eigenvalue weighted by Crippen LogP contribution is -2.45. The quantitative estimate of drug-likeness (QED) is 0.0651. The van der Waals surface area contributed by atoms with Gasteiger partial charge in [0.1, 0.15) is 30.1 Å². The Bertz CT molecular complexity index is 2280. The maximum absolute atomic E-state index is 15.0. The Kier molecular flexibility index (Phi) is 20.9. The predicted octanol–water partition coefficient (Wildman–Crippen LogP) is 4.18. The molecule has 5 rings (SSSR count). The summed E-state index contributed by atoms with van der Waals surface area (Å²) in [4.78, 5) is 81.8. The number of rotatable bonds is 29. The second kappa shape index (κ2) is 26.0. The number of aromatic amines is 2. The standard InChI is InChI=1S/C44H71N8O14P/c1-8-9-10-11-12-13-14-15-16-17-18-21-50-26-31(47-48-50)25-49(37(55)24-32-34(28-62-29(2)3)64-41(38(32)60-6)51-22-19-35(53)45-43(51)56)27-33-39(66-67(58,59)65-30(4)5)40(61-7)42(63-33)52-23-20-36(54)46-44(52)57/h19-20,22-23,26,29-30,32-34,38-42H,8-18,21,24-25,27-28H2,1-7H3,(H,58,59)(H,45,53,56)(H,46,54,57)/t32?,33-,34-,38-,39-,40-,41-,42-/m1/s1. The van der Waals surface area contributed by atoms with Gasteiger partial charge in [0.25, 0.3) is 11.1 Å². The molecule has 1 amide bonds. The van der Waals surface area contributed by atoms with E-state index >= 15 is 0 Å². The van der Waals surface area contributed by atoms with Crippen molar-refractivity contribution in [2.24, 2.45) is 5.92 Å². The topological polar surface area (TPSA) is 263 Å². The molecule has 5 heterocycles. The third kappa shape index (κ3) is 15.7. The minimum atomic E-state index is -4.82. The second-order valence-electron chi connectivity index (χ2n) is 17.8. The molecule has 2 saturated heterocycles. The zero-order chi connectivity index (χ0) is 48.7. The molecule has 67 heavy (non-hydrogen) atoms. The molecule has 3 aromatic rings. The first-order valence-electron chi connectivity index (χ1n) is 23.5. The van der Waals surface area contributed by atoms with Crippen molar-refractivity contribution < 1.29 is 47.0 Å². The zero-order valence-electron chi connectivity index (χ0n) is 39.9. The van der Waals surface area contributed by atoms with Gasteiger partial charge in [0.2, 0.25) is 5.91 Å². The third-order valence-corrected chi connectivity index (χ3v) is 13.1. The number of H-pyrrole nitrogens is 2. The number of hydrogen-bond acceptors (Lipinski definition) is 15. The predicted molar refractivity (Wildman–Crippen MR) is 244 cm³/mol. The van der Waals surface area contributed by atoms with Crippen LogP contribution in [0.25, 0.3) is 0 Å². The number of aromatic nitrogens is 7. The lowest BCUT2D eigenvalue weighted by molar-refractivity contribution is -0.138. The molecule has 3 N–H and O–H groups in total. The van der Waals surface area contributed by atoms with Gasteiger partial charge in [0.05, 0.1) is 44.2 Å². The number of ether oxygens (including phenoxy) is 5. The summed E-state index contributed by atoms with van der Waals surface area (Å²) < 4.78 is 58.9. The molecule has 2 aliphatic rings. The van der Waals surface area contributed by atoms with E-state index in [-0.39, 0.29) is 32.2 Å². The maximum atomic E-state index is 15.0. The van der Waals surface area contributed by atoms with Gasteiger partial charge in [-0.15, -0.1) is 5.10 Å². The average molecular weight is 967 g/mol. The fourth-order valence-electron chi connectivity index (χ4n) is 8.61. The van der Waals surface area contributed by atoms with Crippen LogP contribution in [-0.2, 0) is 55.2 Å². The van der Waals surface area contributed by atoms with E-state index < -0.39 is 91.2 Å². The average Bonchev–Trinajstić information content (AvgIpc) is 3.95. The van der Waals surface area contributed by atoms with Crippen LogP contribution in [0.4, 0.5) is 0 Å². The van der Waals surface area contributed by atoms with Crippen molar-refractivity contribution in [3.05, 3.63) is 78.1 Å². The smallest absolute Gasteiger partial charge is 0.376 e. The van der Waals surface area contributed by atoms with Crippen molar-refractivity contribution in [1.82, 2.24) is 39.0 Å². The van der Waals surface area contributed by atoms with Gasteiger partial charge in [0.15, 0.2) is 12.5 Å². The van der Waals surface area contributed by atoms with Crippen LogP contribution in [0.2, 0.25) is 0 Å². The number of phosphoric ester groups is 1. The van der Waals surface area contributed by atoms with Crippen LogP contribution in [0.15, 0.2) is 49.9 Å². The highest BCUT2D eigenvalue weighted by Crippen LogP contribution is 2.50. The second-order valence-corrected chi connectivity index (χ2v) is 19.1. The van der Waals surface area contributed by atoms with Crippen molar-refractivity contribution in [2.45, 2.75) is 180 Å². The molecule has 3 aromatic heterocycles. The SMILES string of the molecule is CCCCCCCCCCCCCn1cc(CN(C[C@H]2O[C@@H](n3ccc(=O)[nH]c3=O)[C@H](OC)[C@@H]2OP(=O)(O)OC(C)C)C(=O)CC2[C@@H](OC)[C@H](n3ccc(=O)[nH]c3=O)O[C@@H]2COC(C)C)nn1. The van der Waals surface area contributed by atoms with Crippen LogP contribution in [0.5, 0.6) is 0 Å². The van der Waals surface area contributed by atoms with Gasteiger partial charge < -0.3 is 33.5 Å². The number of unbranched alkanes of at least 4 members (excludes halogenated alkanes) is 10. The fourth-order valence-corrected chi connectivity index (χ4v) is 9.75. The minimum Gasteiger partial charge on any atom is -0.376 e. The van der Waals surface area contributed by atoms with Crippen LogP contribution in [0, 0.1) is 5.92 Å². The Morgan fingerprint density at radius 3 is 1.90 bits per heavy atom. The molecule has 2 aliphatic heterocycles. The fraction of sp³-hybridized carbons (Fsp3) is 0.750. The summed E-state index contributed by atoms with van der Waals surface area (Å²) in [5, 5.41) is 8.76. The van der Waals surface area contributed by atoms with E-state index in [1.165, 1.54) is 93.5 Å². The minimum absolute atomic E-state index is 0.0336. The Morgan fingerprint density at radius 1 is 0.806 bits per heavy atom. The van der Waals surface area contributed by atoms with Crippen LogP contribution in [0.1, 0.15) is 130 Å². The van der Waals surface area contributed by atoms with Gasteiger partial charge in [-0.2, -0.15) is 0 Å². The Labute approximate surface area is 390 Å². The van der Waals surface area contributed by atoms with Gasteiger partial charge in [-0.1, -0.05) is 76.3 Å². The molecule has 2 unspecified atom stereocenters. The van der Waals surface area contributed by atoms with Crippen LogP contribution in [-0.4, -0.2) is 120 Å². The number of carbonyl (C=O) groups is 1. The van der Waals surface area contributed by atoms with E-state index in [9.17, 15) is 33.4 Å². The van der Waals surface area contributed by atoms with E-state index in [0.717, 1.165) is 29.9 Å². The molecule has 0 radical (unpaired) electrons. The van der Waals surface area contributed by atoms with Gasteiger partial charge in [-0.3, -0.25) is 47.2 Å². The number of amides is 1. The number of methoxy groups -OCH3 is 2. The largest absolute Gasteiger partial charge is 0.472 e. The maximum Gasteiger partial charge on any atom is 0.472 e. The Balaban J connectivity index is 1.42. The van der Waals surface area contributed by atoms with E-state index in [0.29, 0.717) is 12.2 Å². The molecule has 0 saturated carbocycles. The highest BCUT2D eigenvalue weighted by atomic mass is 31.2. The summed E-state index contributed by atoms with van der Waals surface area (Å²) in [5.74, 6) is -1.18. The molecular weight excluding hydrogens is 895 g/mol. The van der Waals surface area contributed by atoms with Crippen molar-refractivity contribution in [3.63, 3.8) is 0 Å². The lowest BCUT2D eigenvalue weighted by atomic mass is 9.93. The molecule has 0 aliphatic carbocycles. The summed E-state index contributed by atoms with van der Waals surface area (Å²) in [6.45, 7) is 9.26. The highest BCUT2D eigenvalue weighted by molar-refractivity contribution is 7.47. The van der Waals surface area contributed by atoms with E-state index in [1.54, 1.807) is 24.7 Å². The van der Waals surface area contributed by atoms with Gasteiger partial charge in [0, 0.05) is 57.6 Å². The number of phosphoric acid groups is 1. The zero-order valence-corrected chi connectivity index (χ0v) is 40.8. The Morgan fingerprint density at radius 2 is 1.36 bits per heavy atom. The van der Waals surface area contributed by atoms with E-state index in [1.807, 2.05) is 13.8 Å². The first-order chi connectivity index (χ1) is 32.0. The van der Waals surface area contributed by atoms with Gasteiger partial charge in [-0.05, 0) is 34.1 Å². The summed E-state index contributed by atoms with van der Waals surface area (Å²) in [6, 6.07) is 2.29. The molecule has 0 aromatic carbocycles. The van der Waals surface area contributed by atoms with Crippen LogP contribution < -0.4 is 22.5 Å². The van der Waals surface area contributed by atoms with Gasteiger partial charge >= 0.3 is 19.2 Å². The van der Waals surface area contributed by atoms with Crippen LogP contribution in [0.3, 0.4) is 0 Å². The Hall–Kier alpha value is -4.12. The molecule has 23 heteroatoms. The first-order valence-corrected chi connectivity index (χ1v) is 25.0. The summed E-state index contributed by atoms with van der Waals surface area (Å²) in [5.41, 5.74) is -2.40. The lowest BCUT2D eigenvalue weighted by Gasteiger charge is -2.31. The molecule has 376 valence electrons.